The molecule has 0 amide bonds. The van der Waals surface area contributed by atoms with Crippen molar-refractivity contribution in [2.75, 3.05) is 13.2 Å². The standard InChI is InChI=1S/C7H10N4/c1-2-6-7-10-8-4-11(7)3-5(1)9-6/h1-2,5,8-10H,3-4H2. The van der Waals surface area contributed by atoms with Crippen molar-refractivity contribution in [1.82, 2.24) is 21.1 Å². The van der Waals surface area contributed by atoms with Crippen LogP contribution in [0.25, 0.3) is 0 Å². The van der Waals surface area contributed by atoms with Crippen LogP contribution in [0.4, 0.5) is 0 Å². The molecule has 1 fully saturated rings. The van der Waals surface area contributed by atoms with E-state index >= 15 is 0 Å². The van der Waals surface area contributed by atoms with Crippen molar-refractivity contribution in [2.24, 2.45) is 0 Å². The molecule has 1 unspecified atom stereocenters. The third kappa shape index (κ3) is 0.619. The Morgan fingerprint density at radius 3 is 3.55 bits per heavy atom. The van der Waals surface area contributed by atoms with Gasteiger partial charge in [0.25, 0.3) is 0 Å². The second-order valence-corrected chi connectivity index (χ2v) is 3.05. The van der Waals surface area contributed by atoms with Crippen molar-refractivity contribution in [1.29, 1.82) is 0 Å². The third-order valence-electron chi connectivity index (χ3n) is 2.30. The maximum Gasteiger partial charge on any atom is 0.141 e. The number of nitrogens with zero attached hydrogens (tertiary/aromatic N) is 1. The highest BCUT2D eigenvalue weighted by molar-refractivity contribution is 5.34. The second-order valence-electron chi connectivity index (χ2n) is 3.05. The minimum Gasteiger partial charge on any atom is -0.374 e. The molecular weight excluding hydrogens is 140 g/mol. The van der Waals surface area contributed by atoms with Gasteiger partial charge in [-0.2, -0.15) is 0 Å². The normalized spacial score (nSPS) is 32.0. The largest absolute Gasteiger partial charge is 0.374 e. The van der Waals surface area contributed by atoms with Crippen molar-refractivity contribution < 1.29 is 0 Å². The summed E-state index contributed by atoms with van der Waals surface area (Å²) in [6.45, 7) is 1.98. The SMILES string of the molecule is C1=CC2CN3CNNC3=C1N2. The fraction of sp³-hybridized carbons (Fsp3) is 0.429. The van der Waals surface area contributed by atoms with E-state index in [2.05, 4.69) is 33.2 Å². The summed E-state index contributed by atoms with van der Waals surface area (Å²) in [5, 5.41) is 3.39. The summed E-state index contributed by atoms with van der Waals surface area (Å²) in [7, 11) is 0. The quantitative estimate of drug-likeness (QED) is 0.417. The van der Waals surface area contributed by atoms with E-state index in [1.54, 1.807) is 0 Å². The minimum atomic E-state index is 0.524. The lowest BCUT2D eigenvalue weighted by atomic mass is 10.3. The number of fused-ring (bicyclic) bond motifs is 3. The minimum absolute atomic E-state index is 0.524. The van der Waals surface area contributed by atoms with Crippen molar-refractivity contribution in [2.45, 2.75) is 6.04 Å². The molecule has 0 aromatic heterocycles. The monoisotopic (exact) mass is 150 g/mol. The first-order valence-electron chi connectivity index (χ1n) is 3.86. The molecule has 0 radical (unpaired) electrons. The zero-order chi connectivity index (χ0) is 7.26. The Kier molecular flexibility index (Phi) is 0.851. The highest BCUT2D eigenvalue weighted by Gasteiger charge is 2.29. The average molecular weight is 150 g/mol. The van der Waals surface area contributed by atoms with Crippen LogP contribution in [-0.2, 0) is 0 Å². The van der Waals surface area contributed by atoms with E-state index in [0.717, 1.165) is 13.2 Å². The van der Waals surface area contributed by atoms with Crippen molar-refractivity contribution >= 4 is 0 Å². The third-order valence-corrected chi connectivity index (χ3v) is 2.30. The van der Waals surface area contributed by atoms with E-state index in [9.17, 15) is 0 Å². The summed E-state index contributed by atoms with van der Waals surface area (Å²) in [5.41, 5.74) is 7.44. The summed E-state index contributed by atoms with van der Waals surface area (Å²) >= 11 is 0. The van der Waals surface area contributed by atoms with E-state index in [0.29, 0.717) is 6.04 Å². The Labute approximate surface area is 64.9 Å². The van der Waals surface area contributed by atoms with Gasteiger partial charge in [-0.25, -0.2) is 5.43 Å². The molecule has 11 heavy (non-hydrogen) atoms. The van der Waals surface area contributed by atoms with E-state index in [1.807, 2.05) is 0 Å². The molecule has 3 aliphatic rings. The summed E-state index contributed by atoms with van der Waals surface area (Å²) in [6, 6.07) is 0.524. The molecule has 3 aliphatic heterocycles. The van der Waals surface area contributed by atoms with Crippen LogP contribution in [0.5, 0.6) is 0 Å². The first kappa shape index (κ1) is 5.49. The van der Waals surface area contributed by atoms with Gasteiger partial charge in [0.1, 0.15) is 5.82 Å². The van der Waals surface area contributed by atoms with E-state index in [4.69, 9.17) is 0 Å². The zero-order valence-corrected chi connectivity index (χ0v) is 6.09. The van der Waals surface area contributed by atoms with Crippen LogP contribution in [0.1, 0.15) is 0 Å². The lowest BCUT2D eigenvalue weighted by Crippen LogP contribution is -2.41. The fourth-order valence-electron chi connectivity index (χ4n) is 1.77. The van der Waals surface area contributed by atoms with E-state index in [1.165, 1.54) is 11.5 Å². The van der Waals surface area contributed by atoms with Crippen LogP contribution < -0.4 is 16.2 Å². The van der Waals surface area contributed by atoms with Gasteiger partial charge in [0.15, 0.2) is 0 Å². The Morgan fingerprint density at radius 1 is 1.55 bits per heavy atom. The maximum atomic E-state index is 3.39. The molecule has 0 spiro atoms. The van der Waals surface area contributed by atoms with Gasteiger partial charge in [0, 0.05) is 6.54 Å². The number of hydrazine groups is 1. The lowest BCUT2D eigenvalue weighted by Gasteiger charge is -2.27. The maximum absolute atomic E-state index is 3.39. The predicted octanol–water partition coefficient (Wildman–Crippen LogP) is -0.936. The number of hydrogen-bond acceptors (Lipinski definition) is 4. The molecule has 0 aliphatic carbocycles. The Bertz CT molecular complexity index is 255. The summed E-state index contributed by atoms with van der Waals surface area (Å²) in [4.78, 5) is 2.30. The average Bonchev–Trinajstić information content (AvgIpc) is 2.58. The van der Waals surface area contributed by atoms with Gasteiger partial charge in [-0.3, -0.25) is 0 Å². The van der Waals surface area contributed by atoms with Gasteiger partial charge in [0.2, 0.25) is 0 Å². The molecule has 1 saturated heterocycles. The van der Waals surface area contributed by atoms with Crippen molar-refractivity contribution in [3.8, 4) is 0 Å². The summed E-state index contributed by atoms with van der Waals surface area (Å²) < 4.78 is 0. The topological polar surface area (TPSA) is 39.3 Å². The molecule has 0 aromatic carbocycles. The second kappa shape index (κ2) is 1.71. The van der Waals surface area contributed by atoms with E-state index in [-0.39, 0.29) is 0 Å². The molecule has 0 saturated carbocycles. The number of allylic oxidation sites excluding steroid dienone is 1. The summed E-state index contributed by atoms with van der Waals surface area (Å²) in [5.74, 6) is 1.19. The molecule has 58 valence electrons. The first-order chi connectivity index (χ1) is 5.43. The molecule has 2 bridgehead atoms. The molecule has 4 nitrogen and oxygen atoms in total. The number of nitrogens with one attached hydrogen (secondary N) is 3. The number of rotatable bonds is 0. The smallest absolute Gasteiger partial charge is 0.141 e. The van der Waals surface area contributed by atoms with Gasteiger partial charge in [-0.15, -0.1) is 0 Å². The Hall–Kier alpha value is -1.16. The van der Waals surface area contributed by atoms with Gasteiger partial charge in [-0.05, 0) is 6.08 Å². The molecular formula is C7H10N4. The highest BCUT2D eigenvalue weighted by atomic mass is 15.6. The Balaban J connectivity index is 2.09. The Morgan fingerprint density at radius 2 is 2.55 bits per heavy atom. The predicted molar refractivity (Wildman–Crippen MR) is 40.9 cm³/mol. The zero-order valence-electron chi connectivity index (χ0n) is 6.09. The molecule has 3 N–H and O–H groups in total. The van der Waals surface area contributed by atoms with Crippen LogP contribution in [0.15, 0.2) is 23.7 Å². The molecule has 3 heterocycles. The molecule has 0 aromatic rings. The fourth-order valence-corrected chi connectivity index (χ4v) is 1.77. The lowest BCUT2D eigenvalue weighted by molar-refractivity contribution is 0.336. The van der Waals surface area contributed by atoms with Crippen LogP contribution in [-0.4, -0.2) is 24.2 Å². The molecule has 4 heteroatoms. The number of hydrogen-bond donors (Lipinski definition) is 3. The van der Waals surface area contributed by atoms with Crippen LogP contribution >= 0.6 is 0 Å². The van der Waals surface area contributed by atoms with Gasteiger partial charge >= 0.3 is 0 Å². The first-order valence-corrected chi connectivity index (χ1v) is 3.86. The van der Waals surface area contributed by atoms with Crippen LogP contribution in [0.2, 0.25) is 0 Å². The highest BCUT2D eigenvalue weighted by Crippen LogP contribution is 2.21. The van der Waals surface area contributed by atoms with Crippen LogP contribution in [0, 0.1) is 0 Å². The van der Waals surface area contributed by atoms with Crippen LogP contribution in [0.3, 0.4) is 0 Å². The van der Waals surface area contributed by atoms with Crippen molar-refractivity contribution in [3.63, 3.8) is 0 Å². The van der Waals surface area contributed by atoms with E-state index < -0.39 is 0 Å². The van der Waals surface area contributed by atoms with Crippen molar-refractivity contribution in [3.05, 3.63) is 23.7 Å². The molecule has 1 atom stereocenters. The van der Waals surface area contributed by atoms with Gasteiger partial charge in [-0.1, -0.05) is 6.08 Å². The van der Waals surface area contributed by atoms with Gasteiger partial charge < -0.3 is 15.6 Å². The summed E-state index contributed by atoms with van der Waals surface area (Å²) in [6.07, 6.45) is 4.35. The van der Waals surface area contributed by atoms with Gasteiger partial charge in [0.05, 0.1) is 18.4 Å². The molecule has 3 rings (SSSR count).